The third-order valence-corrected chi connectivity index (χ3v) is 8.18. The fourth-order valence-corrected chi connectivity index (χ4v) is 5.87. The van der Waals surface area contributed by atoms with Gasteiger partial charge in [0, 0.05) is 44.3 Å². The van der Waals surface area contributed by atoms with E-state index in [1.165, 1.54) is 9.99 Å². The molecular weight excluding hydrogens is 422 g/mol. The van der Waals surface area contributed by atoms with Crippen molar-refractivity contribution in [2.24, 2.45) is 5.92 Å². The maximum Gasteiger partial charge on any atom is 0.223 e. The minimum absolute atomic E-state index is 0.00812. The lowest BCUT2D eigenvalue weighted by molar-refractivity contribution is -0.126. The number of carbonyl (C=O) groups excluding carboxylic acids is 1. The van der Waals surface area contributed by atoms with E-state index in [1.54, 1.807) is 0 Å². The predicted octanol–water partition coefficient (Wildman–Crippen LogP) is 3.70. The van der Waals surface area contributed by atoms with Crippen LogP contribution in [0.3, 0.4) is 0 Å². The Morgan fingerprint density at radius 1 is 1.03 bits per heavy atom. The zero-order valence-electron chi connectivity index (χ0n) is 19.4. The normalized spacial score (nSPS) is 15.5. The van der Waals surface area contributed by atoms with Crippen LogP contribution in [0.25, 0.3) is 0 Å². The average Bonchev–Trinajstić information content (AvgIpc) is 2.80. The van der Waals surface area contributed by atoms with Gasteiger partial charge in [0.15, 0.2) is 0 Å². The lowest BCUT2D eigenvalue weighted by atomic mass is 9.97. The summed E-state index contributed by atoms with van der Waals surface area (Å²) in [5.74, 6) is -0.122. The van der Waals surface area contributed by atoms with E-state index in [0.717, 1.165) is 29.8 Å². The highest BCUT2D eigenvalue weighted by Gasteiger charge is 2.31. The Kier molecular flexibility index (Phi) is 8.32. The molecule has 1 fully saturated rings. The summed E-state index contributed by atoms with van der Waals surface area (Å²) in [5.41, 5.74) is 4.06. The monoisotopic (exact) mass is 457 g/mol. The quantitative estimate of drug-likeness (QED) is 0.623. The van der Waals surface area contributed by atoms with Crippen LogP contribution in [0, 0.1) is 12.8 Å². The van der Waals surface area contributed by atoms with Gasteiger partial charge in [0.05, 0.1) is 5.75 Å². The van der Waals surface area contributed by atoms with Gasteiger partial charge in [-0.15, -0.1) is 0 Å². The van der Waals surface area contributed by atoms with Gasteiger partial charge in [-0.1, -0.05) is 36.4 Å². The van der Waals surface area contributed by atoms with Crippen LogP contribution in [0.15, 0.2) is 48.5 Å². The second-order valence-electron chi connectivity index (χ2n) is 8.41. The zero-order valence-corrected chi connectivity index (χ0v) is 20.2. The average molecular weight is 458 g/mol. The molecule has 6 nitrogen and oxygen atoms in total. The summed E-state index contributed by atoms with van der Waals surface area (Å²) < 4.78 is 27.2. The van der Waals surface area contributed by atoms with Crippen LogP contribution in [0.1, 0.15) is 43.4 Å². The largest absolute Gasteiger partial charge is 0.372 e. The van der Waals surface area contributed by atoms with Crippen molar-refractivity contribution in [3.8, 4) is 0 Å². The number of hydrogen-bond donors (Lipinski definition) is 1. The second-order valence-corrected chi connectivity index (χ2v) is 10.4. The van der Waals surface area contributed by atoms with Crippen molar-refractivity contribution >= 4 is 21.6 Å². The molecule has 0 unspecified atom stereocenters. The number of hydrogen-bond acceptors (Lipinski definition) is 4. The van der Waals surface area contributed by atoms with Gasteiger partial charge < -0.3 is 10.2 Å². The molecule has 1 amide bonds. The highest BCUT2D eigenvalue weighted by molar-refractivity contribution is 7.88. The Morgan fingerprint density at radius 2 is 1.66 bits per heavy atom. The Balaban J connectivity index is 1.48. The van der Waals surface area contributed by atoms with Crippen molar-refractivity contribution in [1.82, 2.24) is 9.62 Å². The Morgan fingerprint density at radius 3 is 2.25 bits per heavy atom. The third-order valence-electron chi connectivity index (χ3n) is 6.35. The van der Waals surface area contributed by atoms with E-state index in [-0.39, 0.29) is 17.6 Å². The molecule has 32 heavy (non-hydrogen) atoms. The minimum atomic E-state index is -3.38. The summed E-state index contributed by atoms with van der Waals surface area (Å²) in [7, 11) is -3.38. The standard InChI is InChI=1S/C25H35N3O3S/c1-4-27(5-2)24-12-10-21(11-13-24)18-26-25(29)22-14-16-28(17-15-22)32(30,31)19-23-9-7-6-8-20(23)3/h6-13,22H,4-5,14-19H2,1-3H3,(H,26,29). The first kappa shape index (κ1) is 24.3. The summed E-state index contributed by atoms with van der Waals surface area (Å²) in [6.45, 7) is 9.41. The van der Waals surface area contributed by atoms with E-state index in [9.17, 15) is 13.2 Å². The molecule has 2 aromatic carbocycles. The number of benzene rings is 2. The molecule has 0 spiro atoms. The highest BCUT2D eigenvalue weighted by atomic mass is 32.2. The molecule has 1 heterocycles. The fourth-order valence-electron chi connectivity index (χ4n) is 4.20. The molecule has 3 rings (SSSR count). The number of nitrogens with one attached hydrogen (secondary N) is 1. The summed E-state index contributed by atoms with van der Waals surface area (Å²) in [6, 6.07) is 15.8. The minimum Gasteiger partial charge on any atom is -0.372 e. The SMILES string of the molecule is CCN(CC)c1ccc(CNC(=O)C2CCN(S(=O)(=O)Cc3ccccc3C)CC2)cc1. The van der Waals surface area contributed by atoms with E-state index >= 15 is 0 Å². The lowest BCUT2D eigenvalue weighted by Gasteiger charge is -2.30. The van der Waals surface area contributed by atoms with Crippen LogP contribution >= 0.6 is 0 Å². The Bertz CT molecular complexity index is 993. The molecule has 0 saturated carbocycles. The second kappa shape index (κ2) is 11.0. The maximum absolute atomic E-state index is 12.8. The lowest BCUT2D eigenvalue weighted by Crippen LogP contribution is -2.43. The zero-order chi connectivity index (χ0) is 23.1. The summed E-state index contributed by atoms with van der Waals surface area (Å²) in [6.07, 6.45) is 1.11. The van der Waals surface area contributed by atoms with Crippen molar-refractivity contribution in [3.05, 3.63) is 65.2 Å². The van der Waals surface area contributed by atoms with Crippen molar-refractivity contribution in [1.29, 1.82) is 0 Å². The van der Waals surface area contributed by atoms with Crippen LogP contribution < -0.4 is 10.2 Å². The molecule has 0 atom stereocenters. The maximum atomic E-state index is 12.8. The number of sulfonamides is 1. The van der Waals surface area contributed by atoms with E-state index in [2.05, 4.69) is 48.3 Å². The highest BCUT2D eigenvalue weighted by Crippen LogP contribution is 2.23. The van der Waals surface area contributed by atoms with E-state index < -0.39 is 10.0 Å². The van der Waals surface area contributed by atoms with Gasteiger partial charge in [0.2, 0.25) is 15.9 Å². The number of aryl methyl sites for hydroxylation is 1. The van der Waals surface area contributed by atoms with Gasteiger partial charge in [0.25, 0.3) is 0 Å². The van der Waals surface area contributed by atoms with E-state index in [0.29, 0.717) is 32.5 Å². The van der Waals surface area contributed by atoms with Gasteiger partial charge >= 0.3 is 0 Å². The molecule has 0 aromatic heterocycles. The molecular formula is C25H35N3O3S. The van der Waals surface area contributed by atoms with E-state index in [1.807, 2.05) is 31.2 Å². The first-order valence-electron chi connectivity index (χ1n) is 11.5. The molecule has 0 aliphatic carbocycles. The van der Waals surface area contributed by atoms with Gasteiger partial charge in [-0.2, -0.15) is 0 Å². The molecule has 7 heteroatoms. The molecule has 0 radical (unpaired) electrons. The molecule has 1 saturated heterocycles. The van der Waals surface area contributed by atoms with Gasteiger partial charge in [-0.25, -0.2) is 12.7 Å². The fraction of sp³-hybridized carbons (Fsp3) is 0.480. The van der Waals surface area contributed by atoms with Crippen LogP contribution in [-0.4, -0.2) is 44.8 Å². The number of anilines is 1. The number of rotatable bonds is 9. The Labute approximate surface area is 192 Å². The molecule has 0 bridgehead atoms. The van der Waals surface area contributed by atoms with Gasteiger partial charge in [0.1, 0.15) is 0 Å². The molecule has 1 aliphatic heterocycles. The summed E-state index contributed by atoms with van der Waals surface area (Å²) in [4.78, 5) is 14.9. The predicted molar refractivity (Wildman–Crippen MR) is 130 cm³/mol. The van der Waals surface area contributed by atoms with Crippen molar-refractivity contribution < 1.29 is 13.2 Å². The first-order valence-corrected chi connectivity index (χ1v) is 13.1. The molecule has 2 aromatic rings. The smallest absolute Gasteiger partial charge is 0.223 e. The van der Waals surface area contributed by atoms with Crippen LogP contribution in [0.4, 0.5) is 5.69 Å². The van der Waals surface area contributed by atoms with Gasteiger partial charge in [-0.3, -0.25) is 4.79 Å². The van der Waals surface area contributed by atoms with Gasteiger partial charge in [-0.05, 0) is 62.4 Å². The summed E-state index contributed by atoms with van der Waals surface area (Å²) >= 11 is 0. The number of piperidine rings is 1. The molecule has 174 valence electrons. The number of amides is 1. The number of carbonyl (C=O) groups is 1. The number of nitrogens with zero attached hydrogens (tertiary/aromatic N) is 2. The summed E-state index contributed by atoms with van der Waals surface area (Å²) in [5, 5.41) is 3.03. The van der Waals surface area contributed by atoms with Crippen molar-refractivity contribution in [2.75, 3.05) is 31.1 Å². The van der Waals surface area contributed by atoms with Crippen molar-refractivity contribution in [2.45, 2.75) is 45.9 Å². The first-order chi connectivity index (χ1) is 15.3. The van der Waals surface area contributed by atoms with Crippen molar-refractivity contribution in [3.63, 3.8) is 0 Å². The molecule has 1 aliphatic rings. The Hall–Kier alpha value is -2.38. The van der Waals surface area contributed by atoms with Crippen LogP contribution in [-0.2, 0) is 27.1 Å². The van der Waals surface area contributed by atoms with Crippen LogP contribution in [0.5, 0.6) is 0 Å². The molecule has 1 N–H and O–H groups in total. The van der Waals surface area contributed by atoms with E-state index in [4.69, 9.17) is 0 Å². The third kappa shape index (κ3) is 6.11. The topological polar surface area (TPSA) is 69.7 Å². The van der Waals surface area contributed by atoms with Crippen LogP contribution in [0.2, 0.25) is 0 Å².